The van der Waals surface area contributed by atoms with Gasteiger partial charge in [-0.25, -0.2) is 0 Å². The largest absolute Gasteiger partial charge is 0.496 e. The summed E-state index contributed by atoms with van der Waals surface area (Å²) in [5.74, 6) is 0.829. The van der Waals surface area contributed by atoms with Gasteiger partial charge in [0.25, 0.3) is 0 Å². The SMILES string of the molecule is CC[C@@H]1[C@H](c2ccccc2)[NH2+][C@H](c2ccccc2)C[C@]1(O)c1ccccc1OC. The summed E-state index contributed by atoms with van der Waals surface area (Å²) in [6.07, 6.45) is 1.53. The number of hydrogen-bond acceptors (Lipinski definition) is 2. The molecule has 3 nitrogen and oxygen atoms in total. The summed E-state index contributed by atoms with van der Waals surface area (Å²) in [6.45, 7) is 2.18. The third kappa shape index (κ3) is 3.68. The lowest BCUT2D eigenvalue weighted by Gasteiger charge is -2.46. The Hall–Kier alpha value is -2.62. The predicted molar refractivity (Wildman–Crippen MR) is 116 cm³/mol. The van der Waals surface area contributed by atoms with Crippen molar-refractivity contribution >= 4 is 0 Å². The average Bonchev–Trinajstić information content (AvgIpc) is 2.79. The monoisotopic (exact) mass is 388 g/mol. The molecule has 1 saturated heterocycles. The summed E-state index contributed by atoms with van der Waals surface area (Å²) in [4.78, 5) is 0. The second kappa shape index (κ2) is 8.40. The van der Waals surface area contributed by atoms with E-state index in [1.54, 1.807) is 7.11 Å². The van der Waals surface area contributed by atoms with E-state index in [-0.39, 0.29) is 18.0 Å². The van der Waals surface area contributed by atoms with Gasteiger partial charge in [-0.05, 0) is 12.5 Å². The van der Waals surface area contributed by atoms with Crippen molar-refractivity contribution in [3.05, 3.63) is 102 Å². The first-order valence-electron chi connectivity index (χ1n) is 10.5. The fraction of sp³-hybridized carbons (Fsp3) is 0.308. The zero-order valence-corrected chi connectivity index (χ0v) is 17.2. The Labute approximate surface area is 173 Å². The van der Waals surface area contributed by atoms with Crippen LogP contribution in [0.3, 0.4) is 0 Å². The van der Waals surface area contributed by atoms with E-state index in [2.05, 4.69) is 60.8 Å². The van der Waals surface area contributed by atoms with Gasteiger partial charge >= 0.3 is 0 Å². The van der Waals surface area contributed by atoms with Crippen LogP contribution in [-0.2, 0) is 5.60 Å². The summed E-state index contributed by atoms with van der Waals surface area (Å²) < 4.78 is 5.67. The molecule has 1 aliphatic rings. The van der Waals surface area contributed by atoms with Gasteiger partial charge in [-0.1, -0.05) is 85.8 Å². The van der Waals surface area contributed by atoms with Crippen LogP contribution in [0.15, 0.2) is 84.9 Å². The van der Waals surface area contributed by atoms with E-state index in [0.29, 0.717) is 6.42 Å². The molecule has 1 fully saturated rings. The lowest BCUT2D eigenvalue weighted by molar-refractivity contribution is -0.758. The van der Waals surface area contributed by atoms with E-state index in [9.17, 15) is 5.11 Å². The molecule has 0 aliphatic carbocycles. The summed E-state index contributed by atoms with van der Waals surface area (Å²) in [7, 11) is 1.68. The number of ether oxygens (including phenoxy) is 1. The molecule has 4 atom stereocenters. The Morgan fingerprint density at radius 3 is 2.10 bits per heavy atom. The van der Waals surface area contributed by atoms with Crippen molar-refractivity contribution in [1.82, 2.24) is 0 Å². The number of aliphatic hydroxyl groups is 1. The smallest absolute Gasteiger partial charge is 0.124 e. The topological polar surface area (TPSA) is 46.1 Å². The van der Waals surface area contributed by atoms with Crippen molar-refractivity contribution in [2.45, 2.75) is 37.5 Å². The molecule has 3 aromatic rings. The molecule has 29 heavy (non-hydrogen) atoms. The van der Waals surface area contributed by atoms with Gasteiger partial charge in [-0.15, -0.1) is 0 Å². The highest BCUT2D eigenvalue weighted by Gasteiger charge is 2.52. The van der Waals surface area contributed by atoms with Gasteiger partial charge in [-0.2, -0.15) is 0 Å². The van der Waals surface area contributed by atoms with Crippen molar-refractivity contribution in [1.29, 1.82) is 0 Å². The molecule has 0 saturated carbocycles. The molecule has 1 aliphatic heterocycles. The lowest BCUT2D eigenvalue weighted by Crippen LogP contribution is -2.91. The van der Waals surface area contributed by atoms with E-state index in [1.165, 1.54) is 11.1 Å². The minimum Gasteiger partial charge on any atom is -0.496 e. The number of piperidine rings is 1. The normalized spacial score (nSPS) is 26.8. The van der Waals surface area contributed by atoms with Gasteiger partial charge in [0, 0.05) is 29.0 Å². The molecule has 3 heteroatoms. The molecular formula is C26H30NO2+. The first-order chi connectivity index (χ1) is 14.2. The molecule has 4 rings (SSSR count). The van der Waals surface area contributed by atoms with E-state index < -0.39 is 5.60 Å². The molecule has 3 aromatic carbocycles. The summed E-state index contributed by atoms with van der Waals surface area (Å²) in [5.41, 5.74) is 2.42. The van der Waals surface area contributed by atoms with Crippen LogP contribution in [0, 0.1) is 5.92 Å². The van der Waals surface area contributed by atoms with Gasteiger partial charge in [-0.3, -0.25) is 0 Å². The van der Waals surface area contributed by atoms with Crippen LogP contribution in [-0.4, -0.2) is 12.2 Å². The Morgan fingerprint density at radius 2 is 1.48 bits per heavy atom. The first kappa shape index (κ1) is 19.7. The highest BCUT2D eigenvalue weighted by Crippen LogP contribution is 2.48. The second-order valence-corrected chi connectivity index (χ2v) is 7.99. The standard InChI is InChI=1S/C26H29NO2/c1-3-21-25(20-14-8-5-9-15-20)27-23(19-12-6-4-7-13-19)18-26(21,28)22-16-10-11-17-24(22)29-2/h4-17,21,23,25,27-28H,3,18H2,1-2H3/p+1/t21-,23+,25+,26-/m1/s1. The molecule has 150 valence electrons. The summed E-state index contributed by atoms with van der Waals surface area (Å²) in [5, 5.41) is 14.7. The quantitative estimate of drug-likeness (QED) is 0.682. The third-order valence-corrected chi connectivity index (χ3v) is 6.44. The van der Waals surface area contributed by atoms with E-state index in [1.807, 2.05) is 36.4 Å². The van der Waals surface area contributed by atoms with Crippen molar-refractivity contribution in [3.8, 4) is 5.75 Å². The number of quaternary nitrogens is 1. The zero-order chi connectivity index (χ0) is 20.3. The van der Waals surface area contributed by atoms with Crippen LogP contribution in [0.2, 0.25) is 0 Å². The molecular weight excluding hydrogens is 358 g/mol. The number of hydrogen-bond donors (Lipinski definition) is 2. The minimum atomic E-state index is -0.975. The Bertz CT molecular complexity index is 928. The minimum absolute atomic E-state index is 0.0705. The van der Waals surface area contributed by atoms with Crippen LogP contribution >= 0.6 is 0 Å². The van der Waals surface area contributed by atoms with Crippen LogP contribution in [0.5, 0.6) is 5.75 Å². The van der Waals surface area contributed by atoms with Gasteiger partial charge in [0.15, 0.2) is 0 Å². The maximum Gasteiger partial charge on any atom is 0.124 e. The van der Waals surface area contributed by atoms with Crippen LogP contribution in [0.4, 0.5) is 0 Å². The maximum absolute atomic E-state index is 12.3. The van der Waals surface area contributed by atoms with E-state index in [0.717, 1.165) is 17.7 Å². The van der Waals surface area contributed by atoms with Crippen molar-refractivity contribution in [2.75, 3.05) is 7.11 Å². The van der Waals surface area contributed by atoms with E-state index >= 15 is 0 Å². The molecule has 0 unspecified atom stereocenters. The molecule has 0 spiro atoms. The molecule has 3 N–H and O–H groups in total. The molecule has 0 aromatic heterocycles. The van der Waals surface area contributed by atoms with Crippen molar-refractivity contribution in [2.24, 2.45) is 5.92 Å². The van der Waals surface area contributed by atoms with Gasteiger partial charge in [0.05, 0.1) is 7.11 Å². The highest BCUT2D eigenvalue weighted by molar-refractivity contribution is 5.40. The first-order valence-corrected chi connectivity index (χ1v) is 10.5. The van der Waals surface area contributed by atoms with Gasteiger partial charge in [0.1, 0.15) is 23.4 Å². The highest BCUT2D eigenvalue weighted by atomic mass is 16.5. The van der Waals surface area contributed by atoms with Crippen LogP contribution in [0.1, 0.15) is 48.5 Å². The number of rotatable bonds is 5. The number of methoxy groups -OCH3 is 1. The predicted octanol–water partition coefficient (Wildman–Crippen LogP) is 4.36. The lowest BCUT2D eigenvalue weighted by atomic mass is 9.67. The molecule has 1 heterocycles. The summed E-state index contributed by atoms with van der Waals surface area (Å²) >= 11 is 0. The van der Waals surface area contributed by atoms with Crippen molar-refractivity contribution in [3.63, 3.8) is 0 Å². The van der Waals surface area contributed by atoms with Crippen LogP contribution < -0.4 is 10.1 Å². The van der Waals surface area contributed by atoms with Crippen molar-refractivity contribution < 1.29 is 15.2 Å². The van der Waals surface area contributed by atoms with Gasteiger partial charge in [0.2, 0.25) is 0 Å². The second-order valence-electron chi connectivity index (χ2n) is 7.99. The Balaban J connectivity index is 1.85. The Kier molecular flexibility index (Phi) is 5.70. The number of para-hydroxylation sites is 1. The molecule has 0 bridgehead atoms. The third-order valence-electron chi connectivity index (χ3n) is 6.44. The fourth-order valence-corrected chi connectivity index (χ4v) is 5.09. The average molecular weight is 389 g/mol. The summed E-state index contributed by atoms with van der Waals surface area (Å²) in [6, 6.07) is 29.4. The fourth-order valence-electron chi connectivity index (χ4n) is 5.09. The molecule has 0 amide bonds. The number of benzene rings is 3. The zero-order valence-electron chi connectivity index (χ0n) is 17.2. The van der Waals surface area contributed by atoms with Crippen LogP contribution in [0.25, 0.3) is 0 Å². The van der Waals surface area contributed by atoms with E-state index in [4.69, 9.17) is 4.74 Å². The number of nitrogens with two attached hydrogens (primary N) is 1. The van der Waals surface area contributed by atoms with Gasteiger partial charge < -0.3 is 15.2 Å². The Morgan fingerprint density at radius 1 is 0.897 bits per heavy atom. The molecule has 0 radical (unpaired) electrons. The maximum atomic E-state index is 12.3.